The Labute approximate surface area is 289 Å². The lowest BCUT2D eigenvalue weighted by Gasteiger charge is -2.28. The van der Waals surface area contributed by atoms with Crippen LogP contribution in [0.4, 0.5) is 5.69 Å². The maximum absolute atomic E-state index is 14.9. The molecule has 5 aromatic rings. The van der Waals surface area contributed by atoms with Gasteiger partial charge in [0, 0.05) is 15.6 Å². The van der Waals surface area contributed by atoms with E-state index in [4.69, 9.17) is 14.5 Å². The van der Waals surface area contributed by atoms with E-state index in [0.717, 1.165) is 32.9 Å². The zero-order valence-corrected chi connectivity index (χ0v) is 29.1. The fourth-order valence-corrected chi connectivity index (χ4v) is 8.10. The number of halogens is 1. The number of fused-ring (bicyclic) bond motifs is 3. The number of amides is 1. The van der Waals surface area contributed by atoms with Gasteiger partial charge in [-0.3, -0.25) is 14.2 Å². The molecule has 242 valence electrons. The van der Waals surface area contributed by atoms with Crippen LogP contribution in [0.1, 0.15) is 49.4 Å². The molecule has 2 aliphatic rings. The van der Waals surface area contributed by atoms with Crippen molar-refractivity contribution >= 4 is 61.2 Å². The molecule has 0 N–H and O–H groups in total. The van der Waals surface area contributed by atoms with E-state index in [-0.39, 0.29) is 17.0 Å². The summed E-state index contributed by atoms with van der Waals surface area (Å²) in [5.74, 6) is -0.283. The number of ether oxygens (including phenoxy) is 2. The normalized spacial score (nSPS) is 16.5. The summed E-state index contributed by atoms with van der Waals surface area (Å²) in [6.07, 6.45) is 1.21. The molecule has 0 saturated heterocycles. The maximum Gasteiger partial charge on any atom is 0.338 e. The Morgan fingerprint density at radius 2 is 1.75 bits per heavy atom. The van der Waals surface area contributed by atoms with Gasteiger partial charge < -0.3 is 14.4 Å². The predicted octanol–water partition coefficient (Wildman–Crippen LogP) is 6.42. The molecule has 0 fully saturated rings. The number of hydrogen-bond acceptors (Lipinski definition) is 7. The molecule has 8 nitrogen and oxygen atoms in total. The van der Waals surface area contributed by atoms with Gasteiger partial charge in [-0.2, -0.15) is 0 Å². The molecule has 2 aliphatic heterocycles. The predicted molar refractivity (Wildman–Crippen MR) is 191 cm³/mol. The summed E-state index contributed by atoms with van der Waals surface area (Å²) < 4.78 is 14.1. The molecule has 0 saturated carbocycles. The van der Waals surface area contributed by atoms with Crippen molar-refractivity contribution in [2.45, 2.75) is 39.3 Å². The molecule has 1 atom stereocenters. The number of carbonyl (C=O) groups is 2. The summed E-state index contributed by atoms with van der Waals surface area (Å²) in [5, 5.41) is 1.76. The average molecular weight is 723 g/mol. The summed E-state index contributed by atoms with van der Waals surface area (Å²) in [5.41, 5.74) is 3.76. The SMILES string of the molecule is CCCC1=C(C(=O)OCC)[C@@H](c2c(OC)ccc3ccccc23)n2c(s/c(=C3\C(=O)N(Cc4ccccc4)c4ccc(Br)cc43)c2=O)=N1. The average Bonchev–Trinajstić information content (AvgIpc) is 3.55. The number of methoxy groups -OCH3 is 1. The molecule has 0 aliphatic carbocycles. The van der Waals surface area contributed by atoms with Gasteiger partial charge in [-0.15, -0.1) is 0 Å². The molecule has 48 heavy (non-hydrogen) atoms. The van der Waals surface area contributed by atoms with Crippen molar-refractivity contribution in [2.75, 3.05) is 18.6 Å². The van der Waals surface area contributed by atoms with Crippen LogP contribution in [-0.2, 0) is 20.9 Å². The first-order chi connectivity index (χ1) is 23.4. The second kappa shape index (κ2) is 13.0. The number of carbonyl (C=O) groups excluding carboxylic acids is 2. The van der Waals surface area contributed by atoms with Crippen LogP contribution in [0.3, 0.4) is 0 Å². The Hall–Kier alpha value is -4.80. The van der Waals surface area contributed by atoms with Crippen molar-refractivity contribution in [3.63, 3.8) is 0 Å². The quantitative estimate of drug-likeness (QED) is 0.173. The number of nitrogens with zero attached hydrogens (tertiary/aromatic N) is 3. The fraction of sp³-hybridized carbons (Fsp3) is 0.211. The van der Waals surface area contributed by atoms with Crippen LogP contribution < -0.4 is 24.5 Å². The highest BCUT2D eigenvalue weighted by molar-refractivity contribution is 9.10. The van der Waals surface area contributed by atoms with Gasteiger partial charge in [0.05, 0.1) is 42.8 Å². The van der Waals surface area contributed by atoms with E-state index in [1.165, 1.54) is 11.3 Å². The van der Waals surface area contributed by atoms with Crippen molar-refractivity contribution in [1.82, 2.24) is 4.57 Å². The number of benzene rings is 4. The summed E-state index contributed by atoms with van der Waals surface area (Å²) in [4.78, 5) is 50.3. The van der Waals surface area contributed by atoms with Gasteiger partial charge >= 0.3 is 5.97 Å². The van der Waals surface area contributed by atoms with Gasteiger partial charge in [0.1, 0.15) is 16.3 Å². The Kier molecular flexibility index (Phi) is 8.61. The van der Waals surface area contributed by atoms with Crippen molar-refractivity contribution in [3.05, 3.63) is 137 Å². The minimum atomic E-state index is -0.906. The van der Waals surface area contributed by atoms with Crippen LogP contribution >= 0.6 is 27.3 Å². The summed E-state index contributed by atoms with van der Waals surface area (Å²) in [6.45, 7) is 4.28. The zero-order chi connectivity index (χ0) is 33.5. The van der Waals surface area contributed by atoms with Gasteiger partial charge in [0.15, 0.2) is 4.80 Å². The molecular formula is C38H32BrN3O5S. The standard InChI is InChI=1S/C38H32BrN3O5S/c1-4-11-27-32(37(45)47-5-2)33(30-25-15-10-9-14-23(25)16-19-29(30)46-3)42-36(44)34(48-38(42)40-27)31-26-20-24(39)17-18-28(26)41(35(31)43)21-22-12-7-6-8-13-22/h6-10,12-20,33H,4-5,11,21H2,1-3H3/b34-31-/t33-/m1/s1. The highest BCUT2D eigenvalue weighted by Gasteiger charge is 2.39. The largest absolute Gasteiger partial charge is 0.496 e. The van der Waals surface area contributed by atoms with E-state index in [0.29, 0.717) is 51.5 Å². The number of allylic oxidation sites excluding steroid dienone is 1. The van der Waals surface area contributed by atoms with Crippen LogP contribution in [-0.4, -0.2) is 30.2 Å². The van der Waals surface area contributed by atoms with E-state index >= 15 is 0 Å². The molecule has 7 rings (SSSR count). The second-order valence-corrected chi connectivity index (χ2v) is 13.4. The molecule has 1 aromatic heterocycles. The third-order valence-electron chi connectivity index (χ3n) is 8.68. The summed E-state index contributed by atoms with van der Waals surface area (Å²) >= 11 is 4.75. The first kappa shape index (κ1) is 31.8. The summed E-state index contributed by atoms with van der Waals surface area (Å²) in [7, 11) is 1.58. The molecule has 3 heterocycles. The Morgan fingerprint density at radius 3 is 2.50 bits per heavy atom. The number of anilines is 1. The lowest BCUT2D eigenvalue weighted by atomic mass is 9.90. The molecule has 0 bridgehead atoms. The Bertz CT molecular complexity index is 2330. The van der Waals surface area contributed by atoms with E-state index in [2.05, 4.69) is 15.9 Å². The van der Waals surface area contributed by atoms with Gasteiger partial charge in [-0.1, -0.05) is 101 Å². The smallest absolute Gasteiger partial charge is 0.338 e. The van der Waals surface area contributed by atoms with Crippen LogP contribution in [0, 0.1) is 0 Å². The lowest BCUT2D eigenvalue weighted by Crippen LogP contribution is -2.41. The van der Waals surface area contributed by atoms with Gasteiger partial charge in [0.2, 0.25) is 0 Å². The topological polar surface area (TPSA) is 90.2 Å². The van der Waals surface area contributed by atoms with E-state index in [9.17, 15) is 14.4 Å². The minimum Gasteiger partial charge on any atom is -0.496 e. The van der Waals surface area contributed by atoms with Gasteiger partial charge in [0.25, 0.3) is 11.5 Å². The maximum atomic E-state index is 14.9. The van der Waals surface area contributed by atoms with Crippen molar-refractivity contribution in [3.8, 4) is 5.75 Å². The van der Waals surface area contributed by atoms with Gasteiger partial charge in [-0.05, 0) is 53.9 Å². The van der Waals surface area contributed by atoms with E-state index < -0.39 is 17.6 Å². The molecule has 0 spiro atoms. The first-order valence-electron chi connectivity index (χ1n) is 15.8. The Morgan fingerprint density at radius 1 is 0.979 bits per heavy atom. The third kappa shape index (κ3) is 5.29. The lowest BCUT2D eigenvalue weighted by molar-refractivity contribution is -0.139. The summed E-state index contributed by atoms with van der Waals surface area (Å²) in [6, 6.07) is 26.1. The van der Waals surface area contributed by atoms with Crippen LogP contribution in [0.15, 0.2) is 110 Å². The van der Waals surface area contributed by atoms with E-state index in [1.807, 2.05) is 91.9 Å². The monoisotopic (exact) mass is 721 g/mol. The number of esters is 1. The molecule has 10 heteroatoms. The Balaban J connectivity index is 1.55. The van der Waals surface area contributed by atoms with Crippen molar-refractivity contribution in [1.29, 1.82) is 0 Å². The first-order valence-corrected chi connectivity index (χ1v) is 17.4. The third-order valence-corrected chi connectivity index (χ3v) is 10.2. The molecule has 4 aromatic carbocycles. The van der Waals surface area contributed by atoms with Crippen molar-refractivity contribution < 1.29 is 19.1 Å². The highest BCUT2D eigenvalue weighted by Crippen LogP contribution is 2.42. The fourth-order valence-electron chi connectivity index (χ4n) is 6.63. The van der Waals surface area contributed by atoms with Crippen LogP contribution in [0.25, 0.3) is 16.3 Å². The number of hydrogen-bond donors (Lipinski definition) is 0. The number of aromatic nitrogens is 1. The highest BCUT2D eigenvalue weighted by atomic mass is 79.9. The van der Waals surface area contributed by atoms with E-state index in [1.54, 1.807) is 23.5 Å². The zero-order valence-electron chi connectivity index (χ0n) is 26.7. The molecule has 0 unspecified atom stereocenters. The number of rotatable bonds is 8. The minimum absolute atomic E-state index is 0.160. The second-order valence-electron chi connectivity index (χ2n) is 11.6. The van der Waals surface area contributed by atoms with Crippen molar-refractivity contribution in [2.24, 2.45) is 4.99 Å². The molecule has 0 radical (unpaired) electrons. The molecule has 1 amide bonds. The number of thiazole rings is 1. The van der Waals surface area contributed by atoms with Crippen LogP contribution in [0.2, 0.25) is 0 Å². The van der Waals surface area contributed by atoms with Gasteiger partial charge in [-0.25, -0.2) is 9.79 Å². The van der Waals surface area contributed by atoms with Crippen LogP contribution in [0.5, 0.6) is 5.75 Å². The molecular weight excluding hydrogens is 690 g/mol.